The first-order chi connectivity index (χ1) is 2.81. The van der Waals surface area contributed by atoms with Crippen LogP contribution in [-0.4, -0.2) is 6.03 Å². The Hall–Kier alpha value is -0.213. The Morgan fingerprint density at radius 2 is 1.71 bits per heavy atom. The number of hydrogen-bond acceptors (Lipinski definition) is 3. The molecule has 0 aliphatic heterocycles. The van der Waals surface area contributed by atoms with Gasteiger partial charge < -0.3 is 1.43 Å². The molecule has 0 rings (SSSR count). The molecule has 38 valence electrons. The molecule has 6 heteroatoms. The van der Waals surface area contributed by atoms with Crippen molar-refractivity contribution in [1.82, 2.24) is 10.9 Å². The fourth-order valence-corrected chi connectivity index (χ4v) is 0.0417. The Morgan fingerprint density at radius 3 is 1.71 bits per heavy atom. The van der Waals surface area contributed by atoms with Gasteiger partial charge in [0.1, 0.15) is 0 Å². The third kappa shape index (κ3) is 5.79. The molecule has 0 spiro atoms. The average Bonchev–Trinajstić information content (AvgIpc) is 1.65. The van der Waals surface area contributed by atoms with Gasteiger partial charge in [-0.3, -0.25) is 10.9 Å². The van der Waals surface area contributed by atoms with E-state index in [9.17, 15) is 4.79 Å². The van der Waals surface area contributed by atoms with Gasteiger partial charge in [0.2, 0.25) is 0 Å². The molecular weight excluding hydrogens is 91.0 g/mol. The van der Waals surface area contributed by atoms with E-state index >= 15 is 0 Å². The van der Waals surface area contributed by atoms with Crippen LogP contribution in [0.5, 0.6) is 0 Å². The predicted molar refractivity (Wildman–Crippen MR) is 21.2 cm³/mol. The standard InChI is InChI=1S/CH6N4O.Li.H/c2-4-1(6)5-3;;/h2-3H2,(H2,4,5,6);;/q;+1;-1. The summed E-state index contributed by atoms with van der Waals surface area (Å²) in [5.41, 5.74) is 3.48. The molecule has 0 atom stereocenters. The summed E-state index contributed by atoms with van der Waals surface area (Å²) in [6.07, 6.45) is 0. The van der Waals surface area contributed by atoms with Gasteiger partial charge >= 0.3 is 24.9 Å². The molecule has 0 aliphatic rings. The van der Waals surface area contributed by atoms with Gasteiger partial charge in [-0.1, -0.05) is 0 Å². The molecule has 0 bridgehead atoms. The molecule has 0 heterocycles. The Balaban J connectivity index is -0.000000125. The average molecular weight is 98.0 g/mol. The van der Waals surface area contributed by atoms with Gasteiger partial charge in [0.05, 0.1) is 0 Å². The molecule has 0 fully saturated rings. The van der Waals surface area contributed by atoms with E-state index in [0.717, 1.165) is 0 Å². The van der Waals surface area contributed by atoms with E-state index in [2.05, 4.69) is 11.7 Å². The van der Waals surface area contributed by atoms with Crippen molar-refractivity contribution in [2.24, 2.45) is 11.7 Å². The first-order valence-corrected chi connectivity index (χ1v) is 1.28. The van der Waals surface area contributed by atoms with E-state index < -0.39 is 6.03 Å². The topological polar surface area (TPSA) is 93.2 Å². The van der Waals surface area contributed by atoms with Crippen LogP contribution in [0, 0.1) is 0 Å². The molecular formula is CH7LiN4O. The zero-order valence-corrected chi connectivity index (χ0v) is 4.06. The number of carbonyl (C=O) groups is 1. The van der Waals surface area contributed by atoms with E-state index in [1.807, 2.05) is 0 Å². The monoisotopic (exact) mass is 98.1 g/mol. The van der Waals surface area contributed by atoms with Crippen LogP contribution < -0.4 is 41.4 Å². The van der Waals surface area contributed by atoms with Crippen LogP contribution in [0.4, 0.5) is 4.79 Å². The summed E-state index contributed by atoms with van der Waals surface area (Å²) in [5, 5.41) is 0. The number of nitrogens with two attached hydrogens (primary N) is 2. The molecule has 0 radical (unpaired) electrons. The number of urea groups is 1. The summed E-state index contributed by atoms with van der Waals surface area (Å²) in [6.45, 7) is 0. The molecule has 5 nitrogen and oxygen atoms in total. The van der Waals surface area contributed by atoms with Gasteiger partial charge in [-0.05, 0) is 0 Å². The molecule has 0 aromatic heterocycles. The fourth-order valence-electron chi connectivity index (χ4n) is 0.0417. The maximum atomic E-state index is 9.71. The van der Waals surface area contributed by atoms with Gasteiger partial charge in [0, 0.05) is 0 Å². The van der Waals surface area contributed by atoms with E-state index in [-0.39, 0.29) is 20.3 Å². The Morgan fingerprint density at radius 1 is 1.43 bits per heavy atom. The van der Waals surface area contributed by atoms with Crippen molar-refractivity contribution in [3.63, 3.8) is 0 Å². The van der Waals surface area contributed by atoms with E-state index in [0.29, 0.717) is 0 Å². The van der Waals surface area contributed by atoms with Crippen molar-refractivity contribution in [2.45, 2.75) is 0 Å². The van der Waals surface area contributed by atoms with E-state index in [1.165, 1.54) is 0 Å². The van der Waals surface area contributed by atoms with Crippen LogP contribution in [-0.2, 0) is 0 Å². The summed E-state index contributed by atoms with van der Waals surface area (Å²) in [4.78, 5) is 9.71. The minimum Gasteiger partial charge on any atom is -1.00 e. The second kappa shape index (κ2) is 5.79. The molecule has 7 heavy (non-hydrogen) atoms. The summed E-state index contributed by atoms with van der Waals surface area (Å²) < 4.78 is 0. The minimum atomic E-state index is -0.602. The molecule has 2 amide bonds. The first-order valence-electron chi connectivity index (χ1n) is 1.28. The maximum Gasteiger partial charge on any atom is 1.00 e. The summed E-state index contributed by atoms with van der Waals surface area (Å²) in [7, 11) is 0. The predicted octanol–water partition coefficient (Wildman–Crippen LogP) is -4.85. The van der Waals surface area contributed by atoms with Crippen LogP contribution in [0.2, 0.25) is 0 Å². The van der Waals surface area contributed by atoms with Crippen LogP contribution >= 0.6 is 0 Å². The van der Waals surface area contributed by atoms with Crippen molar-refractivity contribution in [3.8, 4) is 0 Å². The molecule has 0 aromatic carbocycles. The second-order valence-electron chi connectivity index (χ2n) is 0.618. The van der Waals surface area contributed by atoms with Gasteiger partial charge in [0.25, 0.3) is 0 Å². The summed E-state index contributed by atoms with van der Waals surface area (Å²) in [5.74, 6) is 9.08. The van der Waals surface area contributed by atoms with Gasteiger partial charge in [0.15, 0.2) is 0 Å². The quantitative estimate of drug-likeness (QED) is 0.106. The van der Waals surface area contributed by atoms with Crippen LogP contribution in [0.25, 0.3) is 0 Å². The van der Waals surface area contributed by atoms with Crippen molar-refractivity contribution < 1.29 is 25.1 Å². The van der Waals surface area contributed by atoms with Crippen molar-refractivity contribution in [2.75, 3.05) is 0 Å². The summed E-state index contributed by atoms with van der Waals surface area (Å²) in [6, 6.07) is -0.602. The van der Waals surface area contributed by atoms with Crippen LogP contribution in [0.3, 0.4) is 0 Å². The van der Waals surface area contributed by atoms with E-state index in [1.54, 1.807) is 10.9 Å². The third-order valence-corrected chi connectivity index (χ3v) is 0.262. The maximum absolute atomic E-state index is 9.71. The number of rotatable bonds is 0. The molecule has 6 N–H and O–H groups in total. The zero-order chi connectivity index (χ0) is 4.99. The number of nitrogens with one attached hydrogen (secondary N) is 2. The first kappa shape index (κ1) is 9.92. The molecule has 0 aliphatic carbocycles. The van der Waals surface area contributed by atoms with Crippen LogP contribution in [0.15, 0.2) is 0 Å². The van der Waals surface area contributed by atoms with Crippen molar-refractivity contribution in [3.05, 3.63) is 0 Å². The van der Waals surface area contributed by atoms with Crippen molar-refractivity contribution in [1.29, 1.82) is 0 Å². The van der Waals surface area contributed by atoms with Gasteiger partial charge in [-0.25, -0.2) is 16.5 Å². The smallest absolute Gasteiger partial charge is 1.00 e. The third-order valence-electron chi connectivity index (χ3n) is 0.262. The Labute approximate surface area is 54.4 Å². The second-order valence-corrected chi connectivity index (χ2v) is 0.618. The van der Waals surface area contributed by atoms with Gasteiger partial charge in [-0.2, -0.15) is 0 Å². The van der Waals surface area contributed by atoms with Crippen LogP contribution in [0.1, 0.15) is 1.43 Å². The molecule has 0 unspecified atom stereocenters. The van der Waals surface area contributed by atoms with Crippen molar-refractivity contribution >= 4 is 6.03 Å². The van der Waals surface area contributed by atoms with Gasteiger partial charge in [-0.15, -0.1) is 0 Å². The number of hydrazine groups is 2. The molecule has 0 aromatic rings. The number of hydrogen-bond donors (Lipinski definition) is 4. The van der Waals surface area contributed by atoms with E-state index in [4.69, 9.17) is 0 Å². The largest absolute Gasteiger partial charge is 1.00 e. The SMILES string of the molecule is NNC(=O)NN.[H-].[Li+]. The zero-order valence-electron chi connectivity index (χ0n) is 5.06. The molecule has 0 saturated carbocycles. The minimum absolute atomic E-state index is 0. The number of amides is 2. The molecule has 0 saturated heterocycles. The Kier molecular flexibility index (Phi) is 8.20. The fraction of sp³-hybridized carbons (Fsp3) is 0. The number of carbonyl (C=O) groups excluding carboxylic acids is 1. The normalized spacial score (nSPS) is 6.00. The summed E-state index contributed by atoms with van der Waals surface area (Å²) >= 11 is 0. The Bertz CT molecular complexity index is 54.0.